The van der Waals surface area contributed by atoms with Gasteiger partial charge in [-0.25, -0.2) is 0 Å². The van der Waals surface area contributed by atoms with Crippen LogP contribution in [0, 0.1) is 0 Å². The molecule has 0 radical (unpaired) electrons. The number of unbranched alkanes of at least 4 members (excludes halogenated alkanes) is 2. The molecule has 2 saturated heterocycles. The van der Waals surface area contributed by atoms with Gasteiger partial charge in [0.25, 0.3) is 11.8 Å². The first kappa shape index (κ1) is 20.2. The maximum Gasteiger partial charge on any atom is 0.264 e. The number of thiocarbonyl (C=S) groups is 1. The van der Waals surface area contributed by atoms with Crippen LogP contribution >= 0.6 is 23.6 Å². The van der Waals surface area contributed by atoms with E-state index in [2.05, 4.69) is 4.90 Å². The van der Waals surface area contributed by atoms with Gasteiger partial charge in [-0.1, -0.05) is 12.5 Å². The molecule has 27 heavy (non-hydrogen) atoms. The minimum atomic E-state index is -0.128. The van der Waals surface area contributed by atoms with Gasteiger partial charge in [0.2, 0.25) is 0 Å². The number of piperazine rings is 1. The molecule has 2 fully saturated rings. The third-order valence-electron chi connectivity index (χ3n) is 5.45. The predicted molar refractivity (Wildman–Crippen MR) is 112 cm³/mol. The van der Waals surface area contributed by atoms with Crippen molar-refractivity contribution in [2.24, 2.45) is 0 Å². The Morgan fingerprint density at radius 3 is 2.48 bits per heavy atom. The molecule has 1 atom stereocenters. The van der Waals surface area contributed by atoms with E-state index in [-0.39, 0.29) is 17.9 Å². The maximum atomic E-state index is 12.4. The quantitative estimate of drug-likeness (QED) is 0.511. The summed E-state index contributed by atoms with van der Waals surface area (Å²) >= 11 is 6.86. The summed E-state index contributed by atoms with van der Waals surface area (Å²) in [5, 5.41) is 2.60. The summed E-state index contributed by atoms with van der Waals surface area (Å²) < 4.78 is 0. The monoisotopic (exact) mass is 408 g/mol. The normalized spacial score (nSPS) is 21.4. The van der Waals surface area contributed by atoms with Crippen molar-refractivity contribution in [3.8, 4) is 0 Å². The van der Waals surface area contributed by atoms with Crippen molar-refractivity contribution in [1.29, 1.82) is 0 Å². The van der Waals surface area contributed by atoms with E-state index >= 15 is 0 Å². The van der Waals surface area contributed by atoms with Gasteiger partial charge in [0.15, 0.2) is 5.11 Å². The Morgan fingerprint density at radius 1 is 1.19 bits per heavy atom. The van der Waals surface area contributed by atoms with E-state index in [1.807, 2.05) is 34.2 Å². The lowest BCUT2D eigenvalue weighted by Gasteiger charge is -2.34. The SMILES string of the molecule is CC1C(=O)N(C)C(=S)N1CCCCCN1CCN(C(=O)c2cccs2)CC1. The summed E-state index contributed by atoms with van der Waals surface area (Å²) in [4.78, 5) is 33.2. The minimum absolute atomic E-state index is 0.0926. The van der Waals surface area contributed by atoms with Crippen molar-refractivity contribution in [2.75, 3.05) is 46.3 Å². The van der Waals surface area contributed by atoms with Gasteiger partial charge in [-0.3, -0.25) is 19.4 Å². The number of hydrogen-bond donors (Lipinski definition) is 0. The molecule has 2 aliphatic rings. The summed E-state index contributed by atoms with van der Waals surface area (Å²) in [6, 6.07) is 3.70. The second kappa shape index (κ2) is 9.12. The highest BCUT2D eigenvalue weighted by Crippen LogP contribution is 2.17. The zero-order valence-corrected chi connectivity index (χ0v) is 17.7. The molecule has 8 heteroatoms. The van der Waals surface area contributed by atoms with E-state index in [0.717, 1.165) is 63.4 Å². The summed E-state index contributed by atoms with van der Waals surface area (Å²) in [5.74, 6) is 0.259. The van der Waals surface area contributed by atoms with Gasteiger partial charge < -0.3 is 9.80 Å². The molecule has 0 saturated carbocycles. The van der Waals surface area contributed by atoms with Crippen LogP contribution < -0.4 is 0 Å². The second-order valence-electron chi connectivity index (χ2n) is 7.22. The van der Waals surface area contributed by atoms with E-state index in [1.54, 1.807) is 11.9 Å². The van der Waals surface area contributed by atoms with Crippen LogP contribution in [0.3, 0.4) is 0 Å². The largest absolute Gasteiger partial charge is 0.337 e. The van der Waals surface area contributed by atoms with Crippen LogP contribution in [0.4, 0.5) is 0 Å². The van der Waals surface area contributed by atoms with Gasteiger partial charge >= 0.3 is 0 Å². The molecule has 0 aromatic carbocycles. The first-order chi connectivity index (χ1) is 13.0. The maximum absolute atomic E-state index is 12.4. The van der Waals surface area contributed by atoms with Crippen molar-refractivity contribution in [3.63, 3.8) is 0 Å². The van der Waals surface area contributed by atoms with Crippen LogP contribution in [-0.4, -0.2) is 88.9 Å². The average Bonchev–Trinajstić information content (AvgIpc) is 3.28. The van der Waals surface area contributed by atoms with Crippen LogP contribution in [-0.2, 0) is 4.79 Å². The molecule has 0 N–H and O–H groups in total. The molecule has 2 amide bonds. The molecule has 1 unspecified atom stereocenters. The van der Waals surface area contributed by atoms with Crippen LogP contribution in [0.25, 0.3) is 0 Å². The fourth-order valence-electron chi connectivity index (χ4n) is 3.68. The molecule has 1 aromatic rings. The number of rotatable bonds is 7. The Balaban J connectivity index is 1.30. The highest BCUT2D eigenvalue weighted by molar-refractivity contribution is 7.80. The summed E-state index contributed by atoms with van der Waals surface area (Å²) in [6.45, 7) is 7.36. The van der Waals surface area contributed by atoms with Crippen LogP contribution in [0.1, 0.15) is 35.9 Å². The first-order valence-corrected chi connectivity index (χ1v) is 10.9. The molecular weight excluding hydrogens is 380 g/mol. The van der Waals surface area contributed by atoms with Gasteiger partial charge in [0.05, 0.1) is 4.88 Å². The van der Waals surface area contributed by atoms with E-state index in [0.29, 0.717) is 5.11 Å². The molecule has 3 heterocycles. The zero-order valence-electron chi connectivity index (χ0n) is 16.1. The molecule has 0 bridgehead atoms. The van der Waals surface area contributed by atoms with Crippen molar-refractivity contribution in [2.45, 2.75) is 32.2 Å². The lowest BCUT2D eigenvalue weighted by atomic mass is 10.2. The van der Waals surface area contributed by atoms with Crippen molar-refractivity contribution < 1.29 is 9.59 Å². The van der Waals surface area contributed by atoms with Gasteiger partial charge in [0, 0.05) is 39.8 Å². The zero-order chi connectivity index (χ0) is 19.4. The van der Waals surface area contributed by atoms with Gasteiger partial charge in [-0.05, 0) is 50.0 Å². The Hall–Kier alpha value is -1.51. The van der Waals surface area contributed by atoms with Gasteiger partial charge in [-0.15, -0.1) is 11.3 Å². The minimum Gasteiger partial charge on any atom is -0.337 e. The third kappa shape index (κ3) is 4.67. The van der Waals surface area contributed by atoms with E-state index in [1.165, 1.54) is 11.3 Å². The number of likely N-dealkylation sites (N-methyl/N-ethyl adjacent to an activating group) is 1. The third-order valence-corrected chi connectivity index (χ3v) is 6.82. The highest BCUT2D eigenvalue weighted by Gasteiger charge is 2.36. The lowest BCUT2D eigenvalue weighted by Crippen LogP contribution is -2.48. The number of carbonyl (C=O) groups excluding carboxylic acids is 2. The number of amides is 2. The number of hydrogen-bond acceptors (Lipinski definition) is 5. The summed E-state index contributed by atoms with van der Waals surface area (Å²) in [5.41, 5.74) is 0. The van der Waals surface area contributed by atoms with E-state index < -0.39 is 0 Å². The molecular formula is C19H28N4O2S2. The molecule has 1 aromatic heterocycles. The Bertz CT molecular complexity index is 671. The molecule has 148 valence electrons. The lowest BCUT2D eigenvalue weighted by molar-refractivity contribution is -0.126. The Labute approximate surface area is 170 Å². The number of carbonyl (C=O) groups is 2. The predicted octanol–water partition coefficient (Wildman–Crippen LogP) is 2.12. The smallest absolute Gasteiger partial charge is 0.264 e. The number of thiophene rings is 1. The molecule has 0 aliphatic carbocycles. The fraction of sp³-hybridized carbons (Fsp3) is 0.632. The van der Waals surface area contributed by atoms with E-state index in [9.17, 15) is 9.59 Å². The number of nitrogens with zero attached hydrogens (tertiary/aromatic N) is 4. The highest BCUT2D eigenvalue weighted by atomic mass is 32.1. The molecule has 0 spiro atoms. The molecule has 3 rings (SSSR count). The summed E-state index contributed by atoms with van der Waals surface area (Å²) in [6.07, 6.45) is 3.30. The van der Waals surface area contributed by atoms with Crippen molar-refractivity contribution in [1.82, 2.24) is 19.6 Å². The Morgan fingerprint density at radius 2 is 1.89 bits per heavy atom. The molecule has 2 aliphatic heterocycles. The van der Waals surface area contributed by atoms with Gasteiger partial charge in [-0.2, -0.15) is 0 Å². The summed E-state index contributed by atoms with van der Waals surface area (Å²) in [7, 11) is 1.75. The van der Waals surface area contributed by atoms with Crippen molar-refractivity contribution in [3.05, 3.63) is 22.4 Å². The topological polar surface area (TPSA) is 47.1 Å². The van der Waals surface area contributed by atoms with E-state index in [4.69, 9.17) is 12.2 Å². The average molecular weight is 409 g/mol. The van der Waals surface area contributed by atoms with Crippen LogP contribution in [0.2, 0.25) is 0 Å². The standard InChI is InChI=1S/C19H28N4O2S2/c1-15-17(24)20(2)19(26)23(15)9-5-3-4-8-21-10-12-22(13-11-21)18(25)16-7-6-14-27-16/h6-7,14-15H,3-5,8-13H2,1-2H3. The first-order valence-electron chi connectivity index (χ1n) is 9.62. The fourth-order valence-corrected chi connectivity index (χ4v) is 4.71. The van der Waals surface area contributed by atoms with Crippen LogP contribution in [0.5, 0.6) is 0 Å². The Kier molecular flexibility index (Phi) is 6.83. The van der Waals surface area contributed by atoms with Crippen LogP contribution in [0.15, 0.2) is 17.5 Å². The van der Waals surface area contributed by atoms with Crippen molar-refractivity contribution >= 4 is 40.5 Å². The molecule has 6 nitrogen and oxygen atoms in total. The second-order valence-corrected chi connectivity index (χ2v) is 8.53. The van der Waals surface area contributed by atoms with Gasteiger partial charge in [0.1, 0.15) is 6.04 Å².